The van der Waals surface area contributed by atoms with Crippen LogP contribution >= 0.6 is 0 Å². The summed E-state index contributed by atoms with van der Waals surface area (Å²) in [5.41, 5.74) is 4.05. The number of rotatable bonds is 3. The number of hydrogen-bond acceptors (Lipinski definition) is 2. The van der Waals surface area contributed by atoms with E-state index in [9.17, 15) is 5.11 Å². The molecule has 1 heterocycles. The third kappa shape index (κ3) is 2.10. The molecule has 3 rings (SSSR count). The summed E-state index contributed by atoms with van der Waals surface area (Å²) in [6, 6.07) is 15.9. The zero-order chi connectivity index (χ0) is 14.1. The van der Waals surface area contributed by atoms with Crippen LogP contribution in [-0.4, -0.2) is 14.7 Å². The van der Waals surface area contributed by atoms with Gasteiger partial charge in [0.15, 0.2) is 0 Å². The first kappa shape index (κ1) is 12.9. The van der Waals surface area contributed by atoms with Crippen molar-refractivity contribution in [2.75, 3.05) is 0 Å². The van der Waals surface area contributed by atoms with Crippen molar-refractivity contribution in [3.63, 3.8) is 0 Å². The maximum absolute atomic E-state index is 10.6. The normalized spacial score (nSPS) is 12.8. The highest BCUT2D eigenvalue weighted by Crippen LogP contribution is 2.25. The number of aromatic nitrogens is 2. The highest BCUT2D eigenvalue weighted by atomic mass is 16.3. The quantitative estimate of drug-likeness (QED) is 0.788. The van der Waals surface area contributed by atoms with Gasteiger partial charge in [-0.05, 0) is 31.5 Å². The number of aliphatic hydroxyl groups excluding tert-OH is 1. The lowest BCUT2D eigenvalue weighted by Gasteiger charge is -2.13. The van der Waals surface area contributed by atoms with Crippen LogP contribution in [0.2, 0.25) is 0 Å². The molecule has 0 bridgehead atoms. The van der Waals surface area contributed by atoms with E-state index in [-0.39, 0.29) is 0 Å². The van der Waals surface area contributed by atoms with Crippen LogP contribution < -0.4 is 0 Å². The van der Waals surface area contributed by atoms with Crippen molar-refractivity contribution in [1.29, 1.82) is 0 Å². The number of benzene rings is 2. The molecule has 0 saturated carbocycles. The van der Waals surface area contributed by atoms with Gasteiger partial charge in [-0.15, -0.1) is 0 Å². The molecule has 0 aliphatic carbocycles. The third-order valence-corrected chi connectivity index (χ3v) is 3.64. The molecule has 3 aromatic rings. The molecule has 2 aromatic carbocycles. The second-order valence-corrected chi connectivity index (χ2v) is 5.02. The monoisotopic (exact) mass is 266 g/mol. The van der Waals surface area contributed by atoms with E-state index in [0.717, 1.165) is 23.1 Å². The molecule has 3 nitrogen and oxygen atoms in total. The van der Waals surface area contributed by atoms with Gasteiger partial charge in [0.1, 0.15) is 11.9 Å². The Balaban J connectivity index is 2.11. The molecule has 0 amide bonds. The number of aryl methyl sites for hydroxylation is 2. The average Bonchev–Trinajstić information content (AvgIpc) is 2.85. The molecule has 0 aliphatic heterocycles. The van der Waals surface area contributed by atoms with Gasteiger partial charge in [-0.2, -0.15) is 0 Å². The fraction of sp³-hybridized carbons (Fsp3) is 0.235. The van der Waals surface area contributed by atoms with Gasteiger partial charge in [-0.25, -0.2) is 4.98 Å². The molecule has 0 radical (unpaired) electrons. The first-order valence-corrected chi connectivity index (χ1v) is 6.90. The SMILES string of the molecule is CCn1c([C@@H](O)c2ccc(C)cc2)nc2ccccc21. The van der Waals surface area contributed by atoms with Crippen molar-refractivity contribution in [2.24, 2.45) is 0 Å². The molecule has 0 saturated heterocycles. The number of para-hydroxylation sites is 2. The Hall–Kier alpha value is -2.13. The van der Waals surface area contributed by atoms with Crippen LogP contribution in [0.5, 0.6) is 0 Å². The minimum Gasteiger partial charge on any atom is -0.380 e. The Bertz CT molecular complexity index is 728. The van der Waals surface area contributed by atoms with Gasteiger partial charge in [0.25, 0.3) is 0 Å². The zero-order valence-corrected chi connectivity index (χ0v) is 11.7. The molecule has 3 heteroatoms. The van der Waals surface area contributed by atoms with Crippen molar-refractivity contribution in [1.82, 2.24) is 9.55 Å². The van der Waals surface area contributed by atoms with Crippen LogP contribution in [-0.2, 0) is 6.54 Å². The summed E-state index contributed by atoms with van der Waals surface area (Å²) in [6.07, 6.45) is -0.692. The molecular formula is C17H18N2O. The van der Waals surface area contributed by atoms with E-state index in [0.29, 0.717) is 5.82 Å². The summed E-state index contributed by atoms with van der Waals surface area (Å²) < 4.78 is 2.07. The number of fused-ring (bicyclic) bond motifs is 1. The summed E-state index contributed by atoms with van der Waals surface area (Å²) in [6.45, 7) is 4.90. The standard InChI is InChI=1S/C17H18N2O/c1-3-19-15-7-5-4-6-14(15)18-17(19)16(20)13-10-8-12(2)9-11-13/h4-11,16,20H,3H2,1-2H3/t16-/m0/s1. The van der Waals surface area contributed by atoms with Crippen molar-refractivity contribution < 1.29 is 5.11 Å². The zero-order valence-electron chi connectivity index (χ0n) is 11.7. The molecule has 1 atom stereocenters. The minimum absolute atomic E-state index is 0.692. The van der Waals surface area contributed by atoms with Gasteiger partial charge in [0.05, 0.1) is 11.0 Å². The van der Waals surface area contributed by atoms with Gasteiger partial charge in [-0.1, -0.05) is 42.0 Å². The molecule has 0 spiro atoms. The summed E-state index contributed by atoms with van der Waals surface area (Å²) in [5.74, 6) is 0.706. The summed E-state index contributed by atoms with van der Waals surface area (Å²) in [4.78, 5) is 4.60. The van der Waals surface area contributed by atoms with Crippen LogP contribution in [0.4, 0.5) is 0 Å². The summed E-state index contributed by atoms with van der Waals surface area (Å²) in [7, 11) is 0. The first-order valence-electron chi connectivity index (χ1n) is 6.90. The largest absolute Gasteiger partial charge is 0.380 e. The smallest absolute Gasteiger partial charge is 0.143 e. The topological polar surface area (TPSA) is 38.0 Å². The fourth-order valence-corrected chi connectivity index (χ4v) is 2.53. The molecule has 0 unspecified atom stereocenters. The van der Waals surface area contributed by atoms with E-state index in [1.807, 2.05) is 55.5 Å². The first-order chi connectivity index (χ1) is 9.70. The molecule has 102 valence electrons. The maximum atomic E-state index is 10.6. The van der Waals surface area contributed by atoms with Crippen LogP contribution in [0.15, 0.2) is 48.5 Å². The van der Waals surface area contributed by atoms with Crippen molar-refractivity contribution in [3.05, 3.63) is 65.5 Å². The van der Waals surface area contributed by atoms with E-state index in [1.54, 1.807) is 0 Å². The fourth-order valence-electron chi connectivity index (χ4n) is 2.53. The highest BCUT2D eigenvalue weighted by Gasteiger charge is 2.18. The predicted molar refractivity (Wildman–Crippen MR) is 80.6 cm³/mol. The Morgan fingerprint density at radius 2 is 1.80 bits per heavy atom. The van der Waals surface area contributed by atoms with Crippen LogP contribution in [0.3, 0.4) is 0 Å². The number of aliphatic hydroxyl groups is 1. The van der Waals surface area contributed by atoms with E-state index >= 15 is 0 Å². The summed E-state index contributed by atoms with van der Waals surface area (Å²) >= 11 is 0. The summed E-state index contributed by atoms with van der Waals surface area (Å²) in [5, 5.41) is 10.6. The molecular weight excluding hydrogens is 248 g/mol. The Kier molecular flexibility index (Phi) is 3.28. The van der Waals surface area contributed by atoms with Gasteiger partial charge in [-0.3, -0.25) is 0 Å². The van der Waals surface area contributed by atoms with E-state index in [4.69, 9.17) is 0 Å². The van der Waals surface area contributed by atoms with Gasteiger partial charge < -0.3 is 9.67 Å². The lowest BCUT2D eigenvalue weighted by Crippen LogP contribution is -2.09. The number of hydrogen-bond donors (Lipinski definition) is 1. The number of imidazole rings is 1. The second kappa shape index (κ2) is 5.10. The maximum Gasteiger partial charge on any atom is 0.143 e. The van der Waals surface area contributed by atoms with Crippen LogP contribution in [0, 0.1) is 6.92 Å². The Labute approximate surface area is 118 Å². The predicted octanol–water partition coefficient (Wildman–Crippen LogP) is 3.45. The average molecular weight is 266 g/mol. The van der Waals surface area contributed by atoms with Gasteiger partial charge in [0, 0.05) is 6.54 Å². The van der Waals surface area contributed by atoms with Crippen LogP contribution in [0.1, 0.15) is 30.0 Å². The van der Waals surface area contributed by atoms with Crippen LogP contribution in [0.25, 0.3) is 11.0 Å². The second-order valence-electron chi connectivity index (χ2n) is 5.02. The molecule has 1 aromatic heterocycles. The lowest BCUT2D eigenvalue weighted by molar-refractivity contribution is 0.205. The van der Waals surface area contributed by atoms with Crippen molar-refractivity contribution in [3.8, 4) is 0 Å². The van der Waals surface area contributed by atoms with Gasteiger partial charge >= 0.3 is 0 Å². The van der Waals surface area contributed by atoms with E-state index < -0.39 is 6.10 Å². The molecule has 0 fully saturated rings. The van der Waals surface area contributed by atoms with Crippen molar-refractivity contribution in [2.45, 2.75) is 26.5 Å². The Morgan fingerprint density at radius 1 is 1.10 bits per heavy atom. The molecule has 20 heavy (non-hydrogen) atoms. The van der Waals surface area contributed by atoms with Gasteiger partial charge in [0.2, 0.25) is 0 Å². The molecule has 1 N–H and O–H groups in total. The lowest BCUT2D eigenvalue weighted by atomic mass is 10.1. The molecule has 0 aliphatic rings. The third-order valence-electron chi connectivity index (χ3n) is 3.64. The highest BCUT2D eigenvalue weighted by molar-refractivity contribution is 5.76. The van der Waals surface area contributed by atoms with E-state index in [2.05, 4.69) is 16.5 Å². The van der Waals surface area contributed by atoms with E-state index in [1.165, 1.54) is 5.56 Å². The Morgan fingerprint density at radius 3 is 2.50 bits per heavy atom. The number of nitrogens with zero attached hydrogens (tertiary/aromatic N) is 2. The minimum atomic E-state index is -0.692. The van der Waals surface area contributed by atoms with Crippen molar-refractivity contribution >= 4 is 11.0 Å².